The van der Waals surface area contributed by atoms with Gasteiger partial charge in [0.05, 0.1) is 24.0 Å². The third kappa shape index (κ3) is 5.19. The highest BCUT2D eigenvalue weighted by molar-refractivity contribution is 6.11. The van der Waals surface area contributed by atoms with E-state index in [0.29, 0.717) is 28.7 Å². The van der Waals surface area contributed by atoms with Gasteiger partial charge in [-0.05, 0) is 60.7 Å². The van der Waals surface area contributed by atoms with E-state index >= 15 is 0 Å². The van der Waals surface area contributed by atoms with E-state index in [1.54, 1.807) is 30.5 Å². The fourth-order valence-electron chi connectivity index (χ4n) is 3.36. The van der Waals surface area contributed by atoms with E-state index < -0.39 is 23.3 Å². The van der Waals surface area contributed by atoms with Crippen molar-refractivity contribution in [3.8, 4) is 0 Å². The summed E-state index contributed by atoms with van der Waals surface area (Å²) < 4.78 is 27.6. The van der Waals surface area contributed by atoms with Gasteiger partial charge >= 0.3 is 0 Å². The van der Waals surface area contributed by atoms with Crippen LogP contribution in [0.2, 0.25) is 0 Å². The van der Waals surface area contributed by atoms with Crippen molar-refractivity contribution in [3.63, 3.8) is 0 Å². The average Bonchev–Trinajstić information content (AvgIpc) is 2.81. The van der Waals surface area contributed by atoms with Crippen molar-refractivity contribution in [3.05, 3.63) is 101 Å². The molecule has 1 aromatic heterocycles. The molecule has 166 valence electrons. The predicted octanol–water partition coefficient (Wildman–Crippen LogP) is 4.40. The summed E-state index contributed by atoms with van der Waals surface area (Å²) in [6, 6.07) is 15.3. The molecule has 1 heterocycles. The first-order valence-corrected chi connectivity index (χ1v) is 10.1. The van der Waals surface area contributed by atoms with Crippen LogP contribution in [0.4, 0.5) is 20.2 Å². The van der Waals surface area contributed by atoms with Crippen LogP contribution in [0.1, 0.15) is 26.3 Å². The van der Waals surface area contributed by atoms with Gasteiger partial charge in [0, 0.05) is 34.3 Å². The first-order chi connectivity index (χ1) is 15.9. The average molecular weight is 447 g/mol. The van der Waals surface area contributed by atoms with Crippen molar-refractivity contribution in [1.29, 1.82) is 0 Å². The molecule has 0 unspecified atom stereocenters. The molecular weight excluding hydrogens is 428 g/mol. The SMILES string of the molecule is O=C(Nc1cc(F)cc(C(=O)c2ccc3ncc(NCCO)cc3c2)c1)c1cccc(F)c1. The van der Waals surface area contributed by atoms with Gasteiger partial charge in [-0.25, -0.2) is 8.78 Å². The number of pyridine rings is 1. The first-order valence-electron chi connectivity index (χ1n) is 10.1. The van der Waals surface area contributed by atoms with Crippen molar-refractivity contribution in [2.45, 2.75) is 0 Å². The second kappa shape index (κ2) is 9.54. The second-order valence-corrected chi connectivity index (χ2v) is 7.30. The molecule has 0 saturated carbocycles. The van der Waals surface area contributed by atoms with Crippen LogP contribution < -0.4 is 10.6 Å². The number of aromatic nitrogens is 1. The molecule has 0 aliphatic rings. The maximum absolute atomic E-state index is 14.2. The zero-order valence-electron chi connectivity index (χ0n) is 17.3. The van der Waals surface area contributed by atoms with Crippen LogP contribution in [0.3, 0.4) is 0 Å². The Morgan fingerprint density at radius 1 is 0.848 bits per heavy atom. The number of rotatable bonds is 7. The minimum Gasteiger partial charge on any atom is -0.395 e. The van der Waals surface area contributed by atoms with Crippen LogP contribution in [0.25, 0.3) is 10.9 Å². The normalized spacial score (nSPS) is 10.8. The third-order valence-electron chi connectivity index (χ3n) is 4.89. The van der Waals surface area contributed by atoms with E-state index in [1.807, 2.05) is 0 Å². The van der Waals surface area contributed by atoms with E-state index in [-0.39, 0.29) is 23.4 Å². The zero-order valence-corrected chi connectivity index (χ0v) is 17.3. The van der Waals surface area contributed by atoms with E-state index in [1.165, 1.54) is 24.3 Å². The number of benzene rings is 3. The van der Waals surface area contributed by atoms with Gasteiger partial charge in [-0.3, -0.25) is 14.6 Å². The topological polar surface area (TPSA) is 91.3 Å². The van der Waals surface area contributed by atoms with Gasteiger partial charge in [0.25, 0.3) is 5.91 Å². The van der Waals surface area contributed by atoms with E-state index in [9.17, 15) is 18.4 Å². The number of anilines is 2. The first kappa shape index (κ1) is 22.0. The van der Waals surface area contributed by atoms with Crippen molar-refractivity contribution in [1.82, 2.24) is 4.98 Å². The number of aliphatic hydroxyl groups is 1. The minimum absolute atomic E-state index is 0.0335. The van der Waals surface area contributed by atoms with Gasteiger partial charge < -0.3 is 15.7 Å². The molecule has 8 heteroatoms. The number of ketones is 1. The number of carbonyl (C=O) groups excluding carboxylic acids is 2. The number of carbonyl (C=O) groups is 2. The number of hydrogen-bond acceptors (Lipinski definition) is 5. The molecule has 0 spiro atoms. The summed E-state index contributed by atoms with van der Waals surface area (Å²) in [4.78, 5) is 29.7. The van der Waals surface area contributed by atoms with Gasteiger partial charge in [-0.15, -0.1) is 0 Å². The third-order valence-corrected chi connectivity index (χ3v) is 4.89. The van der Waals surface area contributed by atoms with Crippen molar-refractivity contribution in [2.24, 2.45) is 0 Å². The fraction of sp³-hybridized carbons (Fsp3) is 0.0800. The summed E-state index contributed by atoms with van der Waals surface area (Å²) in [5, 5.41) is 15.2. The molecule has 4 aromatic rings. The lowest BCUT2D eigenvalue weighted by molar-refractivity contribution is 0.102. The number of nitrogens with one attached hydrogen (secondary N) is 2. The van der Waals surface area contributed by atoms with E-state index in [4.69, 9.17) is 5.11 Å². The Balaban J connectivity index is 1.60. The van der Waals surface area contributed by atoms with Crippen LogP contribution >= 0.6 is 0 Å². The Hall–Kier alpha value is -4.17. The van der Waals surface area contributed by atoms with Gasteiger partial charge in [-0.1, -0.05) is 6.07 Å². The van der Waals surface area contributed by atoms with Gasteiger partial charge in [-0.2, -0.15) is 0 Å². The summed E-state index contributed by atoms with van der Waals surface area (Å²) >= 11 is 0. The Morgan fingerprint density at radius 3 is 2.45 bits per heavy atom. The molecule has 1 amide bonds. The van der Waals surface area contributed by atoms with Crippen LogP contribution in [0, 0.1) is 11.6 Å². The molecule has 0 fully saturated rings. The molecule has 3 aromatic carbocycles. The van der Waals surface area contributed by atoms with Crippen molar-refractivity contribution < 1.29 is 23.5 Å². The van der Waals surface area contributed by atoms with Gasteiger partial charge in [0.15, 0.2) is 5.78 Å². The summed E-state index contributed by atoms with van der Waals surface area (Å²) in [5.41, 5.74) is 1.87. The Kier molecular flexibility index (Phi) is 6.37. The molecule has 6 nitrogen and oxygen atoms in total. The van der Waals surface area contributed by atoms with Crippen molar-refractivity contribution in [2.75, 3.05) is 23.8 Å². The molecule has 3 N–H and O–H groups in total. The molecule has 0 saturated heterocycles. The standard InChI is InChI=1S/C25H19F2N3O3/c26-19-3-1-2-16(9-19)25(33)30-21-12-18(10-20(27)13-21)24(32)15-4-5-23-17(8-15)11-22(14-29-23)28-6-7-31/h1-5,8-14,28,31H,6-7H2,(H,30,33). The van der Waals surface area contributed by atoms with Crippen LogP contribution in [0.15, 0.2) is 72.9 Å². The lowest BCUT2D eigenvalue weighted by Crippen LogP contribution is -2.13. The summed E-state index contributed by atoms with van der Waals surface area (Å²) in [7, 11) is 0. The Bertz CT molecular complexity index is 1360. The number of halogens is 2. The highest BCUT2D eigenvalue weighted by Crippen LogP contribution is 2.22. The predicted molar refractivity (Wildman–Crippen MR) is 122 cm³/mol. The summed E-state index contributed by atoms with van der Waals surface area (Å²) in [6.07, 6.45) is 1.62. The van der Waals surface area contributed by atoms with E-state index in [0.717, 1.165) is 18.2 Å². The molecule has 0 bridgehead atoms. The molecule has 33 heavy (non-hydrogen) atoms. The number of aliphatic hydroxyl groups excluding tert-OH is 1. The quantitative estimate of drug-likeness (QED) is 0.365. The highest BCUT2D eigenvalue weighted by Gasteiger charge is 2.15. The zero-order chi connectivity index (χ0) is 23.4. The minimum atomic E-state index is -0.701. The Labute approximate surface area is 187 Å². The largest absolute Gasteiger partial charge is 0.395 e. The van der Waals surface area contributed by atoms with Gasteiger partial charge in [0.1, 0.15) is 11.6 Å². The summed E-state index contributed by atoms with van der Waals surface area (Å²) in [6.45, 7) is 0.327. The van der Waals surface area contributed by atoms with Crippen molar-refractivity contribution >= 4 is 34.0 Å². The lowest BCUT2D eigenvalue weighted by atomic mass is 10.0. The maximum atomic E-state index is 14.2. The monoisotopic (exact) mass is 447 g/mol. The molecule has 0 radical (unpaired) electrons. The second-order valence-electron chi connectivity index (χ2n) is 7.30. The number of hydrogen-bond donors (Lipinski definition) is 3. The number of amides is 1. The van der Waals surface area contributed by atoms with E-state index in [2.05, 4.69) is 15.6 Å². The molecule has 0 aliphatic carbocycles. The van der Waals surface area contributed by atoms with Crippen LogP contribution in [-0.2, 0) is 0 Å². The van der Waals surface area contributed by atoms with Gasteiger partial charge in [0.2, 0.25) is 0 Å². The Morgan fingerprint density at radius 2 is 1.67 bits per heavy atom. The number of nitrogens with zero attached hydrogens (tertiary/aromatic N) is 1. The lowest BCUT2D eigenvalue weighted by Gasteiger charge is -2.09. The fourth-order valence-corrected chi connectivity index (χ4v) is 3.36. The highest BCUT2D eigenvalue weighted by atomic mass is 19.1. The van der Waals surface area contributed by atoms with Crippen LogP contribution in [-0.4, -0.2) is 34.9 Å². The van der Waals surface area contributed by atoms with Crippen LogP contribution in [0.5, 0.6) is 0 Å². The smallest absolute Gasteiger partial charge is 0.255 e. The number of fused-ring (bicyclic) bond motifs is 1. The molecule has 4 rings (SSSR count). The molecular formula is C25H19F2N3O3. The maximum Gasteiger partial charge on any atom is 0.255 e. The molecule has 0 aliphatic heterocycles. The molecule has 0 atom stereocenters. The summed E-state index contributed by atoms with van der Waals surface area (Å²) in [5.74, 6) is -2.34.